The Morgan fingerprint density at radius 3 is 2.82 bits per heavy atom. The van der Waals surface area contributed by atoms with Crippen molar-refractivity contribution in [2.75, 3.05) is 6.61 Å². The molecule has 0 heterocycles. The fourth-order valence-electron chi connectivity index (χ4n) is 2.86. The quantitative estimate of drug-likeness (QED) is 0.827. The van der Waals surface area contributed by atoms with Crippen LogP contribution in [0.5, 0.6) is 0 Å². The Kier molecular flexibility index (Phi) is 6.00. The lowest BCUT2D eigenvalue weighted by Gasteiger charge is -2.34. The van der Waals surface area contributed by atoms with E-state index >= 15 is 0 Å². The van der Waals surface area contributed by atoms with E-state index in [0.29, 0.717) is 17.4 Å². The fraction of sp³-hybridized carbons (Fsp3) is 0.529. The predicted molar refractivity (Wildman–Crippen MR) is 88.5 cm³/mol. The van der Waals surface area contributed by atoms with Gasteiger partial charge in [0.05, 0.1) is 5.56 Å². The van der Waals surface area contributed by atoms with E-state index in [2.05, 4.69) is 35.1 Å². The summed E-state index contributed by atoms with van der Waals surface area (Å²) >= 11 is 3.30. The predicted octanol–water partition coefficient (Wildman–Crippen LogP) is 3.55. The second-order valence-corrected chi connectivity index (χ2v) is 6.94. The highest BCUT2D eigenvalue weighted by molar-refractivity contribution is 9.10. The summed E-state index contributed by atoms with van der Waals surface area (Å²) in [5.41, 5.74) is 0.432. The molecule has 3 unspecified atom stereocenters. The zero-order valence-electron chi connectivity index (χ0n) is 13.0. The van der Waals surface area contributed by atoms with Gasteiger partial charge in [-0.3, -0.25) is 4.79 Å². The van der Waals surface area contributed by atoms with Crippen molar-refractivity contribution in [3.63, 3.8) is 0 Å². The maximum absolute atomic E-state index is 12.0. The van der Waals surface area contributed by atoms with Gasteiger partial charge in [0.2, 0.25) is 0 Å². The van der Waals surface area contributed by atoms with Crippen LogP contribution in [0.3, 0.4) is 0 Å². The molecule has 5 heteroatoms. The number of halogens is 1. The van der Waals surface area contributed by atoms with Crippen LogP contribution in [0.25, 0.3) is 0 Å². The zero-order chi connectivity index (χ0) is 16.1. The van der Waals surface area contributed by atoms with Crippen LogP contribution in [0, 0.1) is 11.8 Å². The first-order valence-electron chi connectivity index (χ1n) is 7.69. The summed E-state index contributed by atoms with van der Waals surface area (Å²) in [5.74, 6) is 0.359. The largest absolute Gasteiger partial charge is 0.452 e. The first-order valence-corrected chi connectivity index (χ1v) is 8.48. The lowest BCUT2D eigenvalue weighted by Crippen LogP contribution is -2.45. The standard InChI is InChI=1S/C17H22BrNO3/c1-11-5-3-8-15(12(11)2)19-16(20)10-22-17(21)13-6-4-7-14(18)9-13/h4,6-7,9,11-12,15H,3,5,8,10H2,1-2H3,(H,19,20). The Balaban J connectivity index is 1.81. The van der Waals surface area contributed by atoms with Gasteiger partial charge in [-0.25, -0.2) is 4.79 Å². The molecule has 0 bridgehead atoms. The molecule has 1 aromatic carbocycles. The summed E-state index contributed by atoms with van der Waals surface area (Å²) in [4.78, 5) is 23.9. The number of rotatable bonds is 4. The molecule has 120 valence electrons. The maximum atomic E-state index is 12.0. The van der Waals surface area contributed by atoms with Crippen LogP contribution in [0.1, 0.15) is 43.5 Å². The molecule has 1 N–H and O–H groups in total. The van der Waals surface area contributed by atoms with Gasteiger partial charge in [-0.15, -0.1) is 0 Å². The summed E-state index contributed by atoms with van der Waals surface area (Å²) in [5, 5.41) is 2.99. The summed E-state index contributed by atoms with van der Waals surface area (Å²) in [6, 6.07) is 7.10. The number of amides is 1. The molecule has 2 rings (SSSR count). The SMILES string of the molecule is CC1CCCC(NC(=O)COC(=O)c2cccc(Br)c2)C1C. The van der Waals surface area contributed by atoms with Crippen LogP contribution in [-0.2, 0) is 9.53 Å². The van der Waals surface area contributed by atoms with Crippen molar-refractivity contribution in [1.29, 1.82) is 0 Å². The number of hydrogen-bond acceptors (Lipinski definition) is 3. The highest BCUT2D eigenvalue weighted by atomic mass is 79.9. The van der Waals surface area contributed by atoms with Gasteiger partial charge in [-0.05, 0) is 36.5 Å². The lowest BCUT2D eigenvalue weighted by atomic mass is 9.78. The molecule has 1 saturated carbocycles. The normalized spacial score (nSPS) is 24.6. The van der Waals surface area contributed by atoms with E-state index < -0.39 is 5.97 Å². The van der Waals surface area contributed by atoms with Gasteiger partial charge < -0.3 is 10.1 Å². The first-order chi connectivity index (χ1) is 10.5. The van der Waals surface area contributed by atoms with Crippen LogP contribution in [0.2, 0.25) is 0 Å². The van der Waals surface area contributed by atoms with Crippen LogP contribution in [-0.4, -0.2) is 24.5 Å². The summed E-state index contributed by atoms with van der Waals surface area (Å²) < 4.78 is 5.88. The number of carbonyl (C=O) groups is 2. The molecule has 0 aliphatic heterocycles. The maximum Gasteiger partial charge on any atom is 0.338 e. The molecule has 1 aromatic rings. The number of carbonyl (C=O) groups excluding carboxylic acids is 2. The molecule has 4 nitrogen and oxygen atoms in total. The minimum atomic E-state index is -0.485. The van der Waals surface area contributed by atoms with Gasteiger partial charge in [-0.2, -0.15) is 0 Å². The van der Waals surface area contributed by atoms with Gasteiger partial charge in [0.25, 0.3) is 5.91 Å². The third-order valence-corrected chi connectivity index (χ3v) is 4.94. The molecule has 0 aromatic heterocycles. The van der Waals surface area contributed by atoms with Gasteiger partial charge in [-0.1, -0.05) is 48.7 Å². The van der Waals surface area contributed by atoms with E-state index in [-0.39, 0.29) is 18.6 Å². The van der Waals surface area contributed by atoms with Crippen LogP contribution >= 0.6 is 15.9 Å². The molecule has 0 saturated heterocycles. The first kappa shape index (κ1) is 17.0. The van der Waals surface area contributed by atoms with Gasteiger partial charge in [0.1, 0.15) is 0 Å². The zero-order valence-corrected chi connectivity index (χ0v) is 14.6. The van der Waals surface area contributed by atoms with Crippen molar-refractivity contribution < 1.29 is 14.3 Å². The van der Waals surface area contributed by atoms with Crippen molar-refractivity contribution in [1.82, 2.24) is 5.32 Å². The number of hydrogen-bond donors (Lipinski definition) is 1. The second-order valence-electron chi connectivity index (χ2n) is 6.03. The van der Waals surface area contributed by atoms with E-state index in [1.165, 1.54) is 6.42 Å². The molecule has 0 spiro atoms. The van der Waals surface area contributed by atoms with E-state index in [1.54, 1.807) is 18.2 Å². The number of benzene rings is 1. The Morgan fingerprint density at radius 1 is 1.32 bits per heavy atom. The number of esters is 1. The van der Waals surface area contributed by atoms with Gasteiger partial charge in [0.15, 0.2) is 6.61 Å². The van der Waals surface area contributed by atoms with Crippen LogP contribution < -0.4 is 5.32 Å². The van der Waals surface area contributed by atoms with Crippen molar-refractivity contribution in [3.8, 4) is 0 Å². The Bertz CT molecular complexity index is 546. The molecule has 0 radical (unpaired) electrons. The summed E-state index contributed by atoms with van der Waals surface area (Å²) in [6.07, 6.45) is 3.34. The molecular weight excluding hydrogens is 346 g/mol. The molecule has 1 fully saturated rings. The average Bonchev–Trinajstić information content (AvgIpc) is 2.49. The number of nitrogens with one attached hydrogen (secondary N) is 1. The minimum Gasteiger partial charge on any atom is -0.452 e. The third kappa shape index (κ3) is 4.57. The van der Waals surface area contributed by atoms with Crippen molar-refractivity contribution >= 4 is 27.8 Å². The Morgan fingerprint density at radius 2 is 2.09 bits per heavy atom. The monoisotopic (exact) mass is 367 g/mol. The van der Waals surface area contributed by atoms with Crippen LogP contribution in [0.15, 0.2) is 28.7 Å². The molecule has 1 aliphatic rings. The average molecular weight is 368 g/mol. The highest BCUT2D eigenvalue weighted by Crippen LogP contribution is 2.29. The molecule has 1 amide bonds. The highest BCUT2D eigenvalue weighted by Gasteiger charge is 2.28. The van der Waals surface area contributed by atoms with Crippen molar-refractivity contribution in [3.05, 3.63) is 34.3 Å². The van der Waals surface area contributed by atoms with E-state index in [0.717, 1.165) is 17.3 Å². The molecule has 3 atom stereocenters. The van der Waals surface area contributed by atoms with E-state index in [9.17, 15) is 9.59 Å². The van der Waals surface area contributed by atoms with Gasteiger partial charge >= 0.3 is 5.97 Å². The third-order valence-electron chi connectivity index (χ3n) is 4.45. The molecule has 1 aliphatic carbocycles. The summed E-state index contributed by atoms with van der Waals surface area (Å²) in [6.45, 7) is 4.15. The Hall–Kier alpha value is -1.36. The molecule has 22 heavy (non-hydrogen) atoms. The summed E-state index contributed by atoms with van der Waals surface area (Å²) in [7, 11) is 0. The van der Waals surface area contributed by atoms with Crippen LogP contribution in [0.4, 0.5) is 0 Å². The molecular formula is C17H22BrNO3. The lowest BCUT2D eigenvalue weighted by molar-refractivity contribution is -0.125. The Labute approximate surface area is 139 Å². The van der Waals surface area contributed by atoms with E-state index in [4.69, 9.17) is 4.74 Å². The van der Waals surface area contributed by atoms with Gasteiger partial charge in [0, 0.05) is 10.5 Å². The second kappa shape index (κ2) is 7.77. The van der Waals surface area contributed by atoms with E-state index in [1.807, 2.05) is 6.07 Å². The minimum absolute atomic E-state index is 0.181. The fourth-order valence-corrected chi connectivity index (χ4v) is 3.26. The smallest absolute Gasteiger partial charge is 0.338 e. The number of ether oxygens (including phenoxy) is 1. The topological polar surface area (TPSA) is 55.4 Å². The van der Waals surface area contributed by atoms with Crippen molar-refractivity contribution in [2.45, 2.75) is 39.2 Å². The van der Waals surface area contributed by atoms with Crippen molar-refractivity contribution in [2.24, 2.45) is 11.8 Å².